The standard InChI is InChI=1S/C24H31N3O2/c1-2-25-24(27-13-10-21-8-3-4-9-23(21)27)26-17-19-6-5-7-20(16-19)18-29-22-11-14-28-15-12-22/h3-9,16,22H,2,10-15,17-18H2,1H3,(H,25,26). The van der Waals surface area contributed by atoms with Gasteiger partial charge in [0.15, 0.2) is 5.96 Å². The van der Waals surface area contributed by atoms with Crippen LogP contribution in [0.3, 0.4) is 0 Å². The van der Waals surface area contributed by atoms with E-state index in [0.717, 1.165) is 51.5 Å². The largest absolute Gasteiger partial charge is 0.381 e. The highest BCUT2D eigenvalue weighted by atomic mass is 16.5. The van der Waals surface area contributed by atoms with Gasteiger partial charge in [0.2, 0.25) is 0 Å². The first-order valence-corrected chi connectivity index (χ1v) is 10.7. The Hall–Kier alpha value is -2.37. The Balaban J connectivity index is 1.41. The smallest absolute Gasteiger partial charge is 0.198 e. The van der Waals surface area contributed by atoms with Crippen molar-refractivity contribution in [2.45, 2.75) is 45.4 Å². The molecular weight excluding hydrogens is 362 g/mol. The fraction of sp³-hybridized carbons (Fsp3) is 0.458. The summed E-state index contributed by atoms with van der Waals surface area (Å²) in [5, 5.41) is 3.46. The Morgan fingerprint density at radius 1 is 1.14 bits per heavy atom. The zero-order valence-electron chi connectivity index (χ0n) is 17.3. The maximum Gasteiger partial charge on any atom is 0.198 e. The Morgan fingerprint density at radius 2 is 1.97 bits per heavy atom. The lowest BCUT2D eigenvalue weighted by atomic mass is 10.1. The van der Waals surface area contributed by atoms with Crippen LogP contribution in [0.25, 0.3) is 0 Å². The van der Waals surface area contributed by atoms with Crippen LogP contribution in [0.15, 0.2) is 53.5 Å². The number of nitrogens with one attached hydrogen (secondary N) is 1. The highest BCUT2D eigenvalue weighted by Crippen LogP contribution is 2.27. The molecule has 0 amide bonds. The molecule has 0 radical (unpaired) electrons. The average Bonchev–Trinajstić information content (AvgIpc) is 3.20. The summed E-state index contributed by atoms with van der Waals surface area (Å²) in [6.07, 6.45) is 3.38. The van der Waals surface area contributed by atoms with Gasteiger partial charge in [0.05, 0.1) is 19.3 Å². The maximum atomic E-state index is 6.07. The molecule has 2 heterocycles. The lowest BCUT2D eigenvalue weighted by Gasteiger charge is -2.23. The van der Waals surface area contributed by atoms with Crippen LogP contribution in [-0.4, -0.2) is 38.4 Å². The summed E-state index contributed by atoms with van der Waals surface area (Å²) in [6.45, 7) is 6.89. The van der Waals surface area contributed by atoms with Crippen molar-refractivity contribution in [2.75, 3.05) is 31.2 Å². The van der Waals surface area contributed by atoms with Gasteiger partial charge in [-0.1, -0.05) is 42.5 Å². The molecule has 0 unspecified atom stereocenters. The van der Waals surface area contributed by atoms with Gasteiger partial charge in [0, 0.05) is 32.0 Å². The molecule has 5 heteroatoms. The van der Waals surface area contributed by atoms with Crippen molar-refractivity contribution in [2.24, 2.45) is 4.99 Å². The first-order chi connectivity index (χ1) is 14.3. The predicted octanol–water partition coefficient (Wildman–Crippen LogP) is 3.91. The fourth-order valence-electron chi connectivity index (χ4n) is 3.99. The van der Waals surface area contributed by atoms with Crippen molar-refractivity contribution in [3.8, 4) is 0 Å². The summed E-state index contributed by atoms with van der Waals surface area (Å²) in [4.78, 5) is 7.23. The van der Waals surface area contributed by atoms with E-state index in [1.54, 1.807) is 0 Å². The van der Waals surface area contributed by atoms with E-state index in [2.05, 4.69) is 65.7 Å². The summed E-state index contributed by atoms with van der Waals surface area (Å²) in [7, 11) is 0. The number of rotatable bonds is 6. The van der Waals surface area contributed by atoms with Crippen molar-refractivity contribution in [1.82, 2.24) is 5.32 Å². The molecule has 2 aliphatic rings. The number of benzene rings is 2. The molecule has 1 N–H and O–H groups in total. The average molecular weight is 394 g/mol. The SMILES string of the molecule is CCNC(=NCc1cccc(COC2CCOCC2)c1)N1CCc2ccccc21. The third-order valence-electron chi connectivity index (χ3n) is 5.53. The molecule has 29 heavy (non-hydrogen) atoms. The molecule has 4 rings (SSSR count). The quantitative estimate of drug-likeness (QED) is 0.597. The Labute approximate surface area is 173 Å². The van der Waals surface area contributed by atoms with E-state index >= 15 is 0 Å². The molecule has 0 saturated carbocycles. The van der Waals surface area contributed by atoms with E-state index in [0.29, 0.717) is 19.3 Å². The Bertz CT molecular complexity index is 830. The van der Waals surface area contributed by atoms with Crippen molar-refractivity contribution in [3.05, 3.63) is 65.2 Å². The Morgan fingerprint density at radius 3 is 2.83 bits per heavy atom. The molecule has 0 spiro atoms. The molecule has 2 aliphatic heterocycles. The van der Waals surface area contributed by atoms with E-state index < -0.39 is 0 Å². The molecule has 2 aromatic carbocycles. The topological polar surface area (TPSA) is 46.1 Å². The number of anilines is 1. The second kappa shape index (κ2) is 9.90. The third-order valence-corrected chi connectivity index (χ3v) is 5.53. The van der Waals surface area contributed by atoms with Gasteiger partial charge in [-0.3, -0.25) is 0 Å². The molecule has 5 nitrogen and oxygen atoms in total. The molecule has 154 valence electrons. The summed E-state index contributed by atoms with van der Waals surface area (Å²) in [6, 6.07) is 17.2. The van der Waals surface area contributed by atoms with Crippen molar-refractivity contribution >= 4 is 11.6 Å². The number of ether oxygens (including phenoxy) is 2. The second-order valence-electron chi connectivity index (χ2n) is 7.64. The lowest BCUT2D eigenvalue weighted by molar-refractivity contribution is -0.0390. The van der Waals surface area contributed by atoms with Crippen molar-refractivity contribution in [1.29, 1.82) is 0 Å². The number of para-hydroxylation sites is 1. The normalized spacial score (nSPS) is 17.4. The molecule has 0 aliphatic carbocycles. The predicted molar refractivity (Wildman–Crippen MR) is 117 cm³/mol. The van der Waals surface area contributed by atoms with E-state index in [1.165, 1.54) is 22.4 Å². The lowest BCUT2D eigenvalue weighted by Crippen LogP contribution is -2.40. The van der Waals surface area contributed by atoms with Crippen LogP contribution in [0, 0.1) is 0 Å². The van der Waals surface area contributed by atoms with Gasteiger partial charge in [0.25, 0.3) is 0 Å². The first-order valence-electron chi connectivity index (χ1n) is 10.7. The summed E-state index contributed by atoms with van der Waals surface area (Å²) >= 11 is 0. The van der Waals surface area contributed by atoms with E-state index in [-0.39, 0.29) is 0 Å². The molecule has 0 bridgehead atoms. The van der Waals surface area contributed by atoms with Crippen molar-refractivity contribution < 1.29 is 9.47 Å². The number of fused-ring (bicyclic) bond motifs is 1. The van der Waals surface area contributed by atoms with E-state index in [1.807, 2.05) is 0 Å². The number of guanidine groups is 1. The second-order valence-corrected chi connectivity index (χ2v) is 7.64. The van der Waals surface area contributed by atoms with Gasteiger partial charge in [-0.15, -0.1) is 0 Å². The fourth-order valence-corrected chi connectivity index (χ4v) is 3.99. The molecular formula is C24H31N3O2. The van der Waals surface area contributed by atoms with E-state index in [9.17, 15) is 0 Å². The zero-order valence-corrected chi connectivity index (χ0v) is 17.3. The van der Waals surface area contributed by atoms with Crippen LogP contribution in [0.5, 0.6) is 0 Å². The molecule has 0 aromatic heterocycles. The van der Waals surface area contributed by atoms with Gasteiger partial charge in [0.1, 0.15) is 0 Å². The molecule has 0 atom stereocenters. The van der Waals surface area contributed by atoms with Crippen LogP contribution >= 0.6 is 0 Å². The van der Waals surface area contributed by atoms with Crippen LogP contribution in [0.4, 0.5) is 5.69 Å². The van der Waals surface area contributed by atoms with Gasteiger partial charge in [-0.25, -0.2) is 4.99 Å². The number of hydrogen-bond acceptors (Lipinski definition) is 3. The summed E-state index contributed by atoms with van der Waals surface area (Å²) in [5.41, 5.74) is 5.08. The molecule has 2 aromatic rings. The number of aliphatic imine (C=N–C) groups is 1. The maximum absolute atomic E-state index is 6.07. The highest BCUT2D eigenvalue weighted by Gasteiger charge is 2.22. The van der Waals surface area contributed by atoms with Crippen LogP contribution in [-0.2, 0) is 29.0 Å². The zero-order chi connectivity index (χ0) is 19.9. The minimum atomic E-state index is 0.320. The molecule has 1 fully saturated rings. The van der Waals surface area contributed by atoms with Crippen molar-refractivity contribution in [3.63, 3.8) is 0 Å². The van der Waals surface area contributed by atoms with E-state index in [4.69, 9.17) is 14.5 Å². The summed E-state index contributed by atoms with van der Waals surface area (Å²) < 4.78 is 11.5. The van der Waals surface area contributed by atoms with Gasteiger partial charge in [-0.05, 0) is 48.9 Å². The third kappa shape index (κ3) is 5.17. The monoisotopic (exact) mass is 393 g/mol. The van der Waals surface area contributed by atoms with Gasteiger partial charge in [-0.2, -0.15) is 0 Å². The van der Waals surface area contributed by atoms with Crippen LogP contribution in [0.2, 0.25) is 0 Å². The Kier molecular flexibility index (Phi) is 6.80. The number of nitrogens with zero attached hydrogens (tertiary/aromatic N) is 2. The first kappa shape index (κ1) is 19.9. The summed E-state index contributed by atoms with van der Waals surface area (Å²) in [5.74, 6) is 0.960. The van der Waals surface area contributed by atoms with Crippen LogP contribution in [0.1, 0.15) is 36.5 Å². The highest BCUT2D eigenvalue weighted by molar-refractivity contribution is 5.97. The van der Waals surface area contributed by atoms with Gasteiger partial charge < -0.3 is 19.7 Å². The number of hydrogen-bond donors (Lipinski definition) is 1. The minimum absolute atomic E-state index is 0.320. The van der Waals surface area contributed by atoms with Gasteiger partial charge >= 0.3 is 0 Å². The molecule has 1 saturated heterocycles. The van der Waals surface area contributed by atoms with Crippen LogP contribution < -0.4 is 10.2 Å². The minimum Gasteiger partial charge on any atom is -0.381 e.